The maximum Gasteiger partial charge on any atom is 0.317 e. The third-order valence-corrected chi connectivity index (χ3v) is 6.80. The average molecular weight is 598 g/mol. The van der Waals surface area contributed by atoms with Crippen molar-refractivity contribution < 1.29 is 49.4 Å². The molecule has 0 aliphatic carbocycles. The lowest BCUT2D eigenvalue weighted by atomic mass is 10.2. The molecule has 6 N–H and O–H groups in total. The number of amides is 1. The molecule has 0 radical (unpaired) electrons. The second-order valence-electron chi connectivity index (χ2n) is 10.1. The standard InChI is InChI=1S/C27H43N5O10/c33-18-22(34)14-28-27(41)23(20-42-19-21-4-2-1-3-5-21)32-12-10-30(16-25(37)38)8-6-29(15-24(35)36)7-9-31(11-13-32)17-26(39)40/h1-5,22-23,33-34H,6-20H2,(H,28,41)(H,35,36)(H,37,38)(H,39,40). The van der Waals surface area contributed by atoms with Gasteiger partial charge in [0.1, 0.15) is 6.04 Å². The van der Waals surface area contributed by atoms with E-state index in [1.54, 1.807) is 19.6 Å². The van der Waals surface area contributed by atoms with E-state index in [1.807, 2.05) is 30.3 Å². The van der Waals surface area contributed by atoms with Gasteiger partial charge in [0, 0.05) is 58.9 Å². The summed E-state index contributed by atoms with van der Waals surface area (Å²) in [6.07, 6.45) is -1.16. The fourth-order valence-corrected chi connectivity index (χ4v) is 4.52. The van der Waals surface area contributed by atoms with E-state index in [2.05, 4.69) is 5.32 Å². The molecule has 0 spiro atoms. The van der Waals surface area contributed by atoms with E-state index >= 15 is 0 Å². The van der Waals surface area contributed by atoms with E-state index in [-0.39, 0.29) is 91.8 Å². The van der Waals surface area contributed by atoms with Crippen LogP contribution in [0.1, 0.15) is 5.56 Å². The molecule has 42 heavy (non-hydrogen) atoms. The second-order valence-corrected chi connectivity index (χ2v) is 10.1. The summed E-state index contributed by atoms with van der Waals surface area (Å²) in [5.74, 6) is -3.61. The van der Waals surface area contributed by atoms with Crippen LogP contribution in [0.25, 0.3) is 0 Å². The molecule has 1 aliphatic rings. The van der Waals surface area contributed by atoms with Crippen LogP contribution in [0.2, 0.25) is 0 Å². The molecular formula is C27H43N5O10. The fraction of sp³-hybridized carbons (Fsp3) is 0.630. The molecule has 1 heterocycles. The SMILES string of the molecule is O=C(O)CN1CCN(CC(=O)O)CCN(C(COCc2ccccc2)C(=O)NCC(O)CO)CCN(CC(=O)O)CC1. The van der Waals surface area contributed by atoms with E-state index < -0.39 is 42.6 Å². The van der Waals surface area contributed by atoms with Crippen molar-refractivity contribution in [2.75, 3.05) is 91.8 Å². The van der Waals surface area contributed by atoms with Gasteiger partial charge in [-0.05, 0) is 5.56 Å². The van der Waals surface area contributed by atoms with Crippen LogP contribution in [0, 0.1) is 0 Å². The van der Waals surface area contributed by atoms with E-state index in [4.69, 9.17) is 9.84 Å². The number of carbonyl (C=O) groups excluding carboxylic acids is 1. The monoisotopic (exact) mass is 597 g/mol. The van der Waals surface area contributed by atoms with Crippen LogP contribution in [-0.4, -0.2) is 173 Å². The Kier molecular flexibility index (Phi) is 15.9. The number of rotatable bonds is 15. The Morgan fingerprint density at radius 1 is 0.762 bits per heavy atom. The van der Waals surface area contributed by atoms with Crippen molar-refractivity contribution in [3.8, 4) is 0 Å². The minimum atomic E-state index is -1.16. The summed E-state index contributed by atoms with van der Waals surface area (Å²) in [6.45, 7) is 0.531. The number of benzene rings is 1. The molecule has 0 saturated carbocycles. The lowest BCUT2D eigenvalue weighted by Gasteiger charge is -2.36. The highest BCUT2D eigenvalue weighted by molar-refractivity contribution is 5.82. The molecule has 1 aromatic carbocycles. The number of hydrogen-bond acceptors (Lipinski definition) is 11. The van der Waals surface area contributed by atoms with E-state index in [9.17, 15) is 39.6 Å². The number of carboxylic acids is 3. The van der Waals surface area contributed by atoms with Gasteiger partial charge < -0.3 is 35.6 Å². The number of aliphatic carboxylic acids is 3. The van der Waals surface area contributed by atoms with Gasteiger partial charge in [-0.15, -0.1) is 0 Å². The molecule has 0 bridgehead atoms. The minimum absolute atomic E-state index is 0.0415. The molecule has 0 aromatic heterocycles. The predicted octanol–water partition coefficient (Wildman–Crippen LogP) is -2.48. The number of nitrogens with zero attached hydrogens (tertiary/aromatic N) is 4. The molecule has 1 fully saturated rings. The van der Waals surface area contributed by atoms with Crippen LogP contribution in [0.3, 0.4) is 0 Å². The smallest absolute Gasteiger partial charge is 0.317 e. The average Bonchev–Trinajstić information content (AvgIpc) is 2.94. The summed E-state index contributed by atoms with van der Waals surface area (Å²) in [5, 5.41) is 49.8. The largest absolute Gasteiger partial charge is 0.480 e. The van der Waals surface area contributed by atoms with Crippen molar-refractivity contribution in [2.24, 2.45) is 0 Å². The maximum atomic E-state index is 13.3. The van der Waals surface area contributed by atoms with Crippen LogP contribution in [0.4, 0.5) is 0 Å². The van der Waals surface area contributed by atoms with Crippen LogP contribution in [0.15, 0.2) is 30.3 Å². The number of carboxylic acid groups (broad SMARTS) is 3. The van der Waals surface area contributed by atoms with Crippen LogP contribution in [-0.2, 0) is 30.5 Å². The highest BCUT2D eigenvalue weighted by atomic mass is 16.5. The van der Waals surface area contributed by atoms with Gasteiger partial charge in [0.15, 0.2) is 0 Å². The van der Waals surface area contributed by atoms with Crippen LogP contribution in [0.5, 0.6) is 0 Å². The van der Waals surface area contributed by atoms with Crippen molar-refractivity contribution >= 4 is 23.8 Å². The first-order chi connectivity index (χ1) is 20.1. The topological polar surface area (TPSA) is 204 Å². The zero-order valence-corrected chi connectivity index (χ0v) is 23.7. The summed E-state index contributed by atoms with van der Waals surface area (Å²) in [4.78, 5) is 54.6. The summed E-state index contributed by atoms with van der Waals surface area (Å²) >= 11 is 0. The number of hydrogen-bond donors (Lipinski definition) is 6. The summed E-state index contributed by atoms with van der Waals surface area (Å²) in [5.41, 5.74) is 0.896. The Hall–Kier alpha value is -3.18. The third kappa shape index (κ3) is 14.1. The normalized spacial score (nSPS) is 18.3. The Labute approximate surface area is 244 Å². The second kappa shape index (κ2) is 19.1. The number of carbonyl (C=O) groups is 4. The van der Waals surface area contributed by atoms with Crippen molar-refractivity contribution in [3.05, 3.63) is 35.9 Å². The van der Waals surface area contributed by atoms with Gasteiger partial charge in [0.2, 0.25) is 5.91 Å². The van der Waals surface area contributed by atoms with Gasteiger partial charge in [-0.1, -0.05) is 30.3 Å². The Morgan fingerprint density at radius 2 is 1.21 bits per heavy atom. The first-order valence-corrected chi connectivity index (χ1v) is 13.8. The molecule has 236 valence electrons. The quantitative estimate of drug-likeness (QED) is 0.124. The van der Waals surface area contributed by atoms with Gasteiger partial charge in [0.05, 0.1) is 45.6 Å². The summed E-state index contributed by atoms with van der Waals surface area (Å²) in [7, 11) is 0. The lowest BCUT2D eigenvalue weighted by Crippen LogP contribution is -2.55. The van der Waals surface area contributed by atoms with Gasteiger partial charge in [-0.3, -0.25) is 38.8 Å². The number of nitrogens with one attached hydrogen (secondary N) is 1. The molecule has 1 saturated heterocycles. The summed E-state index contributed by atoms with van der Waals surface area (Å²) < 4.78 is 5.90. The number of ether oxygens (including phenoxy) is 1. The molecule has 15 heteroatoms. The van der Waals surface area contributed by atoms with Gasteiger partial charge in [0.25, 0.3) is 0 Å². The molecule has 1 aromatic rings. The molecule has 2 unspecified atom stereocenters. The summed E-state index contributed by atoms with van der Waals surface area (Å²) in [6, 6.07) is 8.48. The highest BCUT2D eigenvalue weighted by Crippen LogP contribution is 2.09. The zero-order chi connectivity index (χ0) is 30.9. The Bertz CT molecular complexity index is 953. The van der Waals surface area contributed by atoms with E-state index in [0.29, 0.717) is 0 Å². The van der Waals surface area contributed by atoms with Gasteiger partial charge in [-0.2, -0.15) is 0 Å². The lowest BCUT2D eigenvalue weighted by molar-refractivity contribution is -0.141. The highest BCUT2D eigenvalue weighted by Gasteiger charge is 2.29. The molecule has 2 rings (SSSR count). The molecule has 15 nitrogen and oxygen atoms in total. The zero-order valence-electron chi connectivity index (χ0n) is 23.7. The Balaban J connectivity index is 2.29. The predicted molar refractivity (Wildman–Crippen MR) is 150 cm³/mol. The Morgan fingerprint density at radius 3 is 1.64 bits per heavy atom. The fourth-order valence-electron chi connectivity index (χ4n) is 4.52. The minimum Gasteiger partial charge on any atom is -0.480 e. The van der Waals surface area contributed by atoms with Crippen LogP contribution < -0.4 is 5.32 Å². The first-order valence-electron chi connectivity index (χ1n) is 13.8. The van der Waals surface area contributed by atoms with Crippen LogP contribution >= 0.6 is 0 Å². The van der Waals surface area contributed by atoms with Gasteiger partial charge in [-0.25, -0.2) is 0 Å². The van der Waals surface area contributed by atoms with Crippen molar-refractivity contribution in [1.82, 2.24) is 24.9 Å². The molecule has 1 aliphatic heterocycles. The maximum absolute atomic E-state index is 13.3. The van der Waals surface area contributed by atoms with Crippen molar-refractivity contribution in [1.29, 1.82) is 0 Å². The van der Waals surface area contributed by atoms with Crippen molar-refractivity contribution in [2.45, 2.75) is 18.8 Å². The third-order valence-electron chi connectivity index (χ3n) is 6.80. The van der Waals surface area contributed by atoms with Crippen molar-refractivity contribution in [3.63, 3.8) is 0 Å². The number of aliphatic hydroxyl groups excluding tert-OH is 2. The molecule has 1 amide bonds. The molecular weight excluding hydrogens is 554 g/mol. The molecule has 2 atom stereocenters. The first kappa shape index (κ1) is 35.0. The van der Waals surface area contributed by atoms with E-state index in [0.717, 1.165) is 5.56 Å². The number of aliphatic hydroxyl groups is 2. The van der Waals surface area contributed by atoms with E-state index in [1.165, 1.54) is 0 Å². The van der Waals surface area contributed by atoms with Gasteiger partial charge >= 0.3 is 17.9 Å².